The number of ether oxygens (including phenoxy) is 1. The molecule has 2 aromatic heterocycles. The Balaban J connectivity index is 1.68. The number of anilines is 3. The minimum Gasteiger partial charge on any atom is -0.372 e. The van der Waals surface area contributed by atoms with Crippen LogP contribution in [0.4, 0.5) is 30.8 Å². The predicted molar refractivity (Wildman–Crippen MR) is 121 cm³/mol. The van der Waals surface area contributed by atoms with E-state index in [1.807, 2.05) is 18.7 Å². The maximum atomic E-state index is 13.2. The SMILES string of the molecule is CC(=O)C1CC(c2cc(Nc3cc(C(F)(F)F)ccn3)nc(N3CC(C)OC(C)C3)n2)CCN1. The van der Waals surface area contributed by atoms with Crippen molar-refractivity contribution in [1.29, 1.82) is 0 Å². The van der Waals surface area contributed by atoms with Gasteiger partial charge in [0.15, 0.2) is 0 Å². The molecule has 184 valence electrons. The molecule has 2 aromatic rings. The molecule has 0 spiro atoms. The molecule has 4 atom stereocenters. The molecular weight excluding hydrogens is 449 g/mol. The second kappa shape index (κ2) is 9.83. The van der Waals surface area contributed by atoms with Crippen LogP contribution in [0.3, 0.4) is 0 Å². The summed E-state index contributed by atoms with van der Waals surface area (Å²) in [5.41, 5.74) is -0.0444. The number of halogens is 3. The topological polar surface area (TPSA) is 92.3 Å². The van der Waals surface area contributed by atoms with E-state index in [0.29, 0.717) is 37.8 Å². The van der Waals surface area contributed by atoms with Crippen molar-refractivity contribution >= 4 is 23.4 Å². The van der Waals surface area contributed by atoms with E-state index in [4.69, 9.17) is 9.72 Å². The molecular formula is C23H29F3N6O2. The number of piperidine rings is 1. The molecule has 11 heteroatoms. The average Bonchev–Trinajstić information content (AvgIpc) is 2.78. The maximum absolute atomic E-state index is 13.2. The summed E-state index contributed by atoms with van der Waals surface area (Å²) in [7, 11) is 0. The zero-order valence-electron chi connectivity index (χ0n) is 19.4. The lowest BCUT2D eigenvalue weighted by Crippen LogP contribution is -2.46. The summed E-state index contributed by atoms with van der Waals surface area (Å²) in [6, 6.07) is 3.38. The first-order valence-electron chi connectivity index (χ1n) is 11.4. The second-order valence-electron chi connectivity index (χ2n) is 9.03. The summed E-state index contributed by atoms with van der Waals surface area (Å²) in [6.07, 6.45) is -2.00. The van der Waals surface area contributed by atoms with Crippen LogP contribution >= 0.6 is 0 Å². The number of ketones is 1. The van der Waals surface area contributed by atoms with Crippen molar-refractivity contribution in [3.05, 3.63) is 35.7 Å². The molecule has 0 aliphatic carbocycles. The Labute approximate surface area is 196 Å². The smallest absolute Gasteiger partial charge is 0.372 e. The van der Waals surface area contributed by atoms with Gasteiger partial charge in [-0.25, -0.2) is 9.97 Å². The van der Waals surface area contributed by atoms with Gasteiger partial charge in [-0.15, -0.1) is 0 Å². The first-order chi connectivity index (χ1) is 16.1. The first kappa shape index (κ1) is 24.3. The number of morpholine rings is 1. The molecule has 4 heterocycles. The third kappa shape index (κ3) is 5.82. The minimum atomic E-state index is -4.47. The molecule has 2 N–H and O–H groups in total. The summed E-state index contributed by atoms with van der Waals surface area (Å²) in [6.45, 7) is 7.38. The summed E-state index contributed by atoms with van der Waals surface area (Å²) in [4.78, 5) is 27.4. The van der Waals surface area contributed by atoms with Crippen LogP contribution in [0, 0.1) is 0 Å². The standard InChI is InChI=1S/C23H29F3N6O2/c1-13-11-32(12-14(2)34-13)22-29-19(16-4-6-27-18(8-16)15(3)33)10-21(31-22)30-20-9-17(5-7-28-20)23(24,25)26/h5,7,9-10,13-14,16,18,27H,4,6,8,11-12H2,1-3H3,(H,28,29,30,31). The molecule has 34 heavy (non-hydrogen) atoms. The largest absolute Gasteiger partial charge is 0.416 e. The van der Waals surface area contributed by atoms with E-state index in [-0.39, 0.29) is 35.8 Å². The van der Waals surface area contributed by atoms with Crippen molar-refractivity contribution in [2.45, 2.75) is 64.0 Å². The lowest BCUT2D eigenvalue weighted by molar-refractivity contribution is -0.137. The van der Waals surface area contributed by atoms with Crippen LogP contribution in [0.25, 0.3) is 0 Å². The Bertz CT molecular complexity index is 1020. The van der Waals surface area contributed by atoms with Gasteiger partial charge in [-0.2, -0.15) is 18.2 Å². The number of hydrogen-bond acceptors (Lipinski definition) is 8. The highest BCUT2D eigenvalue weighted by Gasteiger charge is 2.32. The second-order valence-corrected chi connectivity index (χ2v) is 9.03. The predicted octanol–water partition coefficient (Wildman–Crippen LogP) is 3.67. The number of aromatic nitrogens is 3. The third-order valence-electron chi connectivity index (χ3n) is 6.09. The highest BCUT2D eigenvalue weighted by atomic mass is 19.4. The van der Waals surface area contributed by atoms with Gasteiger partial charge < -0.3 is 20.3 Å². The summed E-state index contributed by atoms with van der Waals surface area (Å²) in [5, 5.41) is 6.16. The van der Waals surface area contributed by atoms with Crippen molar-refractivity contribution in [2.75, 3.05) is 29.9 Å². The van der Waals surface area contributed by atoms with Crippen LogP contribution in [-0.2, 0) is 15.7 Å². The number of carbonyl (C=O) groups excluding carboxylic acids is 1. The van der Waals surface area contributed by atoms with Crippen molar-refractivity contribution in [2.24, 2.45) is 0 Å². The number of Topliss-reactive ketones (excluding diaryl/α,β-unsaturated/α-hetero) is 1. The molecule has 0 bridgehead atoms. The van der Waals surface area contributed by atoms with Crippen LogP contribution < -0.4 is 15.5 Å². The molecule has 0 saturated carbocycles. The van der Waals surface area contributed by atoms with Gasteiger partial charge in [0, 0.05) is 31.3 Å². The van der Waals surface area contributed by atoms with Crippen LogP contribution in [0.15, 0.2) is 24.4 Å². The number of pyridine rings is 1. The van der Waals surface area contributed by atoms with Crippen molar-refractivity contribution < 1.29 is 22.7 Å². The maximum Gasteiger partial charge on any atom is 0.416 e. The summed E-state index contributed by atoms with van der Waals surface area (Å²) < 4.78 is 45.3. The normalized spacial score (nSPS) is 25.8. The van der Waals surface area contributed by atoms with E-state index in [1.165, 1.54) is 0 Å². The summed E-state index contributed by atoms with van der Waals surface area (Å²) >= 11 is 0. The molecule has 2 aliphatic heterocycles. The van der Waals surface area contributed by atoms with Crippen LogP contribution in [-0.4, -0.2) is 58.6 Å². The Hall–Kier alpha value is -2.79. The molecule has 4 unspecified atom stereocenters. The molecule has 8 nitrogen and oxygen atoms in total. The fraction of sp³-hybridized carbons (Fsp3) is 0.565. The van der Waals surface area contributed by atoms with Gasteiger partial charge in [-0.1, -0.05) is 0 Å². The Morgan fingerprint density at radius 1 is 1.18 bits per heavy atom. The fourth-order valence-corrected chi connectivity index (χ4v) is 4.51. The Morgan fingerprint density at radius 3 is 2.59 bits per heavy atom. The number of carbonyl (C=O) groups is 1. The number of nitrogens with zero attached hydrogens (tertiary/aromatic N) is 4. The van der Waals surface area contributed by atoms with Crippen molar-refractivity contribution in [3.63, 3.8) is 0 Å². The van der Waals surface area contributed by atoms with Crippen molar-refractivity contribution in [3.8, 4) is 0 Å². The van der Waals surface area contributed by atoms with E-state index in [2.05, 4.69) is 20.6 Å². The van der Waals surface area contributed by atoms with Gasteiger partial charge in [0.2, 0.25) is 5.95 Å². The highest BCUT2D eigenvalue weighted by Crippen LogP contribution is 2.33. The lowest BCUT2D eigenvalue weighted by Gasteiger charge is -2.36. The van der Waals surface area contributed by atoms with E-state index >= 15 is 0 Å². The van der Waals surface area contributed by atoms with Gasteiger partial charge in [0.1, 0.15) is 17.4 Å². The molecule has 4 rings (SSSR count). The first-order valence-corrected chi connectivity index (χ1v) is 11.4. The van der Waals surface area contributed by atoms with E-state index in [9.17, 15) is 18.0 Å². The van der Waals surface area contributed by atoms with Crippen molar-refractivity contribution in [1.82, 2.24) is 20.3 Å². The fourth-order valence-electron chi connectivity index (χ4n) is 4.51. The van der Waals surface area contributed by atoms with E-state index < -0.39 is 11.7 Å². The van der Waals surface area contributed by atoms with Crippen LogP contribution in [0.5, 0.6) is 0 Å². The van der Waals surface area contributed by atoms with Gasteiger partial charge in [-0.3, -0.25) is 4.79 Å². The Morgan fingerprint density at radius 2 is 1.91 bits per heavy atom. The third-order valence-corrected chi connectivity index (χ3v) is 6.09. The Kier molecular flexibility index (Phi) is 7.04. The zero-order valence-corrected chi connectivity index (χ0v) is 19.4. The molecule has 2 saturated heterocycles. The molecule has 2 fully saturated rings. The number of hydrogen-bond donors (Lipinski definition) is 2. The van der Waals surface area contributed by atoms with Gasteiger partial charge in [0.05, 0.1) is 29.5 Å². The summed E-state index contributed by atoms with van der Waals surface area (Å²) in [5.74, 6) is 0.966. The van der Waals surface area contributed by atoms with E-state index in [0.717, 1.165) is 30.4 Å². The minimum absolute atomic E-state index is 0.0153. The quantitative estimate of drug-likeness (QED) is 0.673. The number of rotatable bonds is 5. The number of alkyl halides is 3. The monoisotopic (exact) mass is 478 g/mol. The lowest BCUT2D eigenvalue weighted by atomic mass is 9.88. The van der Waals surface area contributed by atoms with Gasteiger partial charge in [-0.05, 0) is 52.3 Å². The van der Waals surface area contributed by atoms with Crippen LogP contribution in [0.1, 0.15) is 50.8 Å². The average molecular weight is 479 g/mol. The van der Waals surface area contributed by atoms with E-state index in [1.54, 1.807) is 13.0 Å². The molecule has 0 aromatic carbocycles. The molecule has 0 radical (unpaired) electrons. The van der Waals surface area contributed by atoms with Gasteiger partial charge in [0.25, 0.3) is 0 Å². The van der Waals surface area contributed by atoms with Gasteiger partial charge >= 0.3 is 6.18 Å². The zero-order chi connectivity index (χ0) is 24.5. The molecule has 2 aliphatic rings. The molecule has 0 amide bonds. The van der Waals surface area contributed by atoms with Crippen LogP contribution in [0.2, 0.25) is 0 Å². The highest BCUT2D eigenvalue weighted by molar-refractivity contribution is 5.81. The number of nitrogens with one attached hydrogen (secondary N) is 2.